The van der Waals surface area contributed by atoms with Crippen LogP contribution in [0.15, 0.2) is 59.5 Å². The number of amides is 2. The van der Waals surface area contributed by atoms with E-state index in [1.807, 2.05) is 30.3 Å². The van der Waals surface area contributed by atoms with E-state index in [0.717, 1.165) is 22.2 Å². The summed E-state index contributed by atoms with van der Waals surface area (Å²) in [5.74, 6) is 0.161. The number of methoxy groups -OCH3 is 1. The van der Waals surface area contributed by atoms with E-state index in [0.29, 0.717) is 16.3 Å². The van der Waals surface area contributed by atoms with Gasteiger partial charge in [-0.2, -0.15) is 0 Å². The molecule has 3 rings (SSSR count). The maximum atomic E-state index is 12.5. The first-order valence-corrected chi connectivity index (χ1v) is 7.48. The lowest BCUT2D eigenvalue weighted by Crippen LogP contribution is -2.28. The number of hydrogen-bond donors (Lipinski definition) is 0. The van der Waals surface area contributed by atoms with E-state index < -0.39 is 0 Å². The first-order valence-electron chi connectivity index (χ1n) is 6.67. The van der Waals surface area contributed by atoms with Crippen molar-refractivity contribution in [2.45, 2.75) is 0 Å². The Labute approximate surface area is 132 Å². The van der Waals surface area contributed by atoms with E-state index in [-0.39, 0.29) is 11.1 Å². The molecule has 1 aliphatic rings. The normalized spacial score (nSPS) is 16.4. The SMILES string of the molecule is COc1ccccc1N1C(=O)S/C(=C\c2ccccc2)C1=O. The van der Waals surface area contributed by atoms with E-state index in [4.69, 9.17) is 4.74 Å². The number of hydrogen-bond acceptors (Lipinski definition) is 4. The monoisotopic (exact) mass is 311 g/mol. The van der Waals surface area contributed by atoms with Crippen LogP contribution in [0.4, 0.5) is 10.5 Å². The molecule has 4 nitrogen and oxygen atoms in total. The van der Waals surface area contributed by atoms with Gasteiger partial charge in [-0.3, -0.25) is 9.59 Å². The molecule has 5 heteroatoms. The summed E-state index contributed by atoms with van der Waals surface area (Å²) < 4.78 is 5.23. The second-order valence-electron chi connectivity index (χ2n) is 4.60. The van der Waals surface area contributed by atoms with Gasteiger partial charge in [0, 0.05) is 0 Å². The lowest BCUT2D eigenvalue weighted by molar-refractivity contribution is -0.113. The van der Waals surface area contributed by atoms with Crippen LogP contribution in [-0.2, 0) is 4.79 Å². The highest BCUT2D eigenvalue weighted by Crippen LogP contribution is 2.39. The van der Waals surface area contributed by atoms with Gasteiger partial charge in [0.2, 0.25) is 0 Å². The van der Waals surface area contributed by atoms with Crippen molar-refractivity contribution >= 4 is 34.7 Å². The molecule has 1 heterocycles. The summed E-state index contributed by atoms with van der Waals surface area (Å²) in [7, 11) is 1.51. The number of ether oxygens (including phenoxy) is 1. The number of rotatable bonds is 3. The Morgan fingerprint density at radius 1 is 1.00 bits per heavy atom. The number of carbonyl (C=O) groups is 2. The number of nitrogens with zero attached hydrogens (tertiary/aromatic N) is 1. The molecule has 1 saturated heterocycles. The molecule has 0 spiro atoms. The third-order valence-corrected chi connectivity index (χ3v) is 4.09. The van der Waals surface area contributed by atoms with Crippen LogP contribution in [0.2, 0.25) is 0 Å². The molecule has 110 valence electrons. The highest BCUT2D eigenvalue weighted by molar-refractivity contribution is 8.19. The third kappa shape index (κ3) is 2.63. The molecule has 0 unspecified atom stereocenters. The standard InChI is InChI=1S/C17H13NO3S/c1-21-14-10-6-5-9-13(14)18-16(19)15(22-17(18)20)11-12-7-3-2-4-8-12/h2-11H,1H3/b15-11-. The molecule has 0 aromatic heterocycles. The van der Waals surface area contributed by atoms with Crippen LogP contribution >= 0.6 is 11.8 Å². The predicted molar refractivity (Wildman–Crippen MR) is 87.9 cm³/mol. The second-order valence-corrected chi connectivity index (χ2v) is 5.59. The Bertz CT molecular complexity index is 756. The lowest BCUT2D eigenvalue weighted by Gasteiger charge is -2.15. The fourth-order valence-electron chi connectivity index (χ4n) is 2.19. The van der Waals surface area contributed by atoms with E-state index in [9.17, 15) is 9.59 Å². The smallest absolute Gasteiger partial charge is 0.298 e. The molecule has 0 N–H and O–H groups in total. The molecule has 22 heavy (non-hydrogen) atoms. The summed E-state index contributed by atoms with van der Waals surface area (Å²) in [6, 6.07) is 16.4. The van der Waals surface area contributed by atoms with Crippen LogP contribution in [0.25, 0.3) is 6.08 Å². The Hall–Kier alpha value is -2.53. The zero-order chi connectivity index (χ0) is 15.5. The van der Waals surface area contributed by atoms with Crippen molar-refractivity contribution in [3.63, 3.8) is 0 Å². The Morgan fingerprint density at radius 2 is 1.68 bits per heavy atom. The van der Waals surface area contributed by atoms with Crippen LogP contribution in [0.5, 0.6) is 5.75 Å². The van der Waals surface area contributed by atoms with Gasteiger partial charge in [0.05, 0.1) is 17.7 Å². The zero-order valence-corrected chi connectivity index (χ0v) is 12.7. The number of imide groups is 1. The molecule has 2 aromatic carbocycles. The van der Waals surface area contributed by atoms with Crippen molar-refractivity contribution in [3.8, 4) is 5.75 Å². The van der Waals surface area contributed by atoms with Crippen molar-refractivity contribution < 1.29 is 14.3 Å². The van der Waals surface area contributed by atoms with Crippen LogP contribution in [0.3, 0.4) is 0 Å². The molecular formula is C17H13NO3S. The largest absolute Gasteiger partial charge is 0.495 e. The number of para-hydroxylation sites is 2. The Balaban J connectivity index is 1.97. The highest BCUT2D eigenvalue weighted by atomic mass is 32.2. The zero-order valence-electron chi connectivity index (χ0n) is 11.9. The topological polar surface area (TPSA) is 46.6 Å². The van der Waals surface area contributed by atoms with E-state index in [2.05, 4.69) is 0 Å². The maximum Gasteiger partial charge on any atom is 0.298 e. The Morgan fingerprint density at radius 3 is 2.41 bits per heavy atom. The van der Waals surface area contributed by atoms with Gasteiger partial charge in [0.25, 0.3) is 11.1 Å². The minimum atomic E-state index is -0.330. The van der Waals surface area contributed by atoms with Gasteiger partial charge in [-0.15, -0.1) is 0 Å². The van der Waals surface area contributed by atoms with Crippen molar-refractivity contribution in [1.29, 1.82) is 0 Å². The third-order valence-electron chi connectivity index (χ3n) is 3.22. The van der Waals surface area contributed by atoms with Gasteiger partial charge < -0.3 is 4.74 Å². The molecular weight excluding hydrogens is 298 g/mol. The van der Waals surface area contributed by atoms with Crippen molar-refractivity contribution in [2.24, 2.45) is 0 Å². The van der Waals surface area contributed by atoms with Gasteiger partial charge in [-0.25, -0.2) is 4.90 Å². The summed E-state index contributed by atoms with van der Waals surface area (Å²) in [5.41, 5.74) is 1.34. The van der Waals surface area contributed by atoms with Crippen LogP contribution in [0.1, 0.15) is 5.56 Å². The first-order chi connectivity index (χ1) is 10.7. The quantitative estimate of drug-likeness (QED) is 0.806. The number of benzene rings is 2. The van der Waals surface area contributed by atoms with Gasteiger partial charge in [0.15, 0.2) is 0 Å². The molecule has 0 saturated carbocycles. The minimum Gasteiger partial charge on any atom is -0.495 e. The predicted octanol–water partition coefficient (Wildman–Crippen LogP) is 3.94. The van der Waals surface area contributed by atoms with Crippen LogP contribution < -0.4 is 9.64 Å². The molecule has 0 radical (unpaired) electrons. The van der Waals surface area contributed by atoms with Crippen molar-refractivity contribution in [2.75, 3.05) is 12.0 Å². The van der Waals surface area contributed by atoms with Crippen LogP contribution in [0, 0.1) is 0 Å². The van der Waals surface area contributed by atoms with Crippen LogP contribution in [-0.4, -0.2) is 18.3 Å². The molecule has 0 bridgehead atoms. The Kier molecular flexibility index (Phi) is 3.98. The van der Waals surface area contributed by atoms with Gasteiger partial charge in [-0.1, -0.05) is 42.5 Å². The molecule has 0 atom stereocenters. The van der Waals surface area contributed by atoms with Gasteiger partial charge in [0.1, 0.15) is 5.75 Å². The molecule has 2 aromatic rings. The van der Waals surface area contributed by atoms with Gasteiger partial charge in [-0.05, 0) is 35.5 Å². The second kappa shape index (κ2) is 6.07. The summed E-state index contributed by atoms with van der Waals surface area (Å²) in [5, 5.41) is -0.323. The first kappa shape index (κ1) is 14.4. The lowest BCUT2D eigenvalue weighted by atomic mass is 10.2. The van der Waals surface area contributed by atoms with Crippen molar-refractivity contribution in [1.82, 2.24) is 0 Å². The van der Waals surface area contributed by atoms with E-state index in [1.165, 1.54) is 7.11 Å². The maximum absolute atomic E-state index is 12.5. The number of thioether (sulfide) groups is 1. The summed E-state index contributed by atoms with van der Waals surface area (Å²) in [6.45, 7) is 0. The number of carbonyl (C=O) groups excluding carboxylic acids is 2. The fourth-order valence-corrected chi connectivity index (χ4v) is 3.02. The van der Waals surface area contributed by atoms with E-state index in [1.54, 1.807) is 30.3 Å². The molecule has 0 aliphatic carbocycles. The average Bonchev–Trinajstić information content (AvgIpc) is 2.82. The molecule has 2 amide bonds. The fraction of sp³-hybridized carbons (Fsp3) is 0.0588. The minimum absolute atomic E-state index is 0.323. The van der Waals surface area contributed by atoms with Gasteiger partial charge >= 0.3 is 0 Å². The summed E-state index contributed by atoms with van der Waals surface area (Å²) >= 11 is 0.934. The van der Waals surface area contributed by atoms with E-state index >= 15 is 0 Å². The number of anilines is 1. The summed E-state index contributed by atoms with van der Waals surface area (Å²) in [4.78, 5) is 26.3. The molecule has 1 fully saturated rings. The average molecular weight is 311 g/mol. The highest BCUT2D eigenvalue weighted by Gasteiger charge is 2.37. The summed E-state index contributed by atoms with van der Waals surface area (Å²) in [6.07, 6.45) is 1.72. The molecule has 1 aliphatic heterocycles. The van der Waals surface area contributed by atoms with Crippen molar-refractivity contribution in [3.05, 3.63) is 65.1 Å².